The van der Waals surface area contributed by atoms with Crippen LogP contribution in [0.1, 0.15) is 27.9 Å². The van der Waals surface area contributed by atoms with E-state index in [1.54, 1.807) is 11.3 Å². The Labute approximate surface area is 136 Å². The average molecular weight is 326 g/mol. The largest absolute Gasteiger partial charge is 0.298 e. The number of carbonyl (C=O) groups excluding carboxylic acids is 1. The van der Waals surface area contributed by atoms with Crippen LogP contribution in [-0.2, 0) is 12.8 Å². The van der Waals surface area contributed by atoms with E-state index in [9.17, 15) is 4.79 Å². The van der Waals surface area contributed by atoms with E-state index in [2.05, 4.69) is 16.4 Å². The molecule has 1 aromatic carbocycles. The van der Waals surface area contributed by atoms with E-state index < -0.39 is 0 Å². The summed E-state index contributed by atoms with van der Waals surface area (Å²) in [6.45, 7) is 0. The molecule has 0 saturated heterocycles. The number of aromatic nitrogens is 1. The Kier molecular flexibility index (Phi) is 3.52. The van der Waals surface area contributed by atoms with E-state index in [4.69, 9.17) is 0 Å². The fraction of sp³-hybridized carbons (Fsp3) is 0.176. The number of nitrogens with one attached hydrogen (secondary N) is 1. The number of fused-ring (bicyclic) bond motifs is 1. The summed E-state index contributed by atoms with van der Waals surface area (Å²) in [5.41, 5.74) is 4.33. The first-order chi connectivity index (χ1) is 10.8. The topological polar surface area (TPSA) is 42.0 Å². The first kappa shape index (κ1) is 13.7. The van der Waals surface area contributed by atoms with Crippen LogP contribution in [0.15, 0.2) is 41.1 Å². The lowest BCUT2D eigenvalue weighted by molar-refractivity contribution is 0.102. The molecule has 1 aliphatic carbocycles. The smallest absolute Gasteiger partial charge is 0.257 e. The number of hydrogen-bond donors (Lipinski definition) is 1. The molecule has 22 heavy (non-hydrogen) atoms. The summed E-state index contributed by atoms with van der Waals surface area (Å²) in [6.07, 6.45) is 3.40. The van der Waals surface area contributed by atoms with Crippen molar-refractivity contribution in [2.45, 2.75) is 19.3 Å². The van der Waals surface area contributed by atoms with Crippen LogP contribution >= 0.6 is 22.7 Å². The molecule has 0 atom stereocenters. The number of thiophene rings is 1. The van der Waals surface area contributed by atoms with Gasteiger partial charge in [0, 0.05) is 10.9 Å². The van der Waals surface area contributed by atoms with Crippen molar-refractivity contribution in [3.8, 4) is 10.6 Å². The molecule has 1 N–H and O–H groups in total. The van der Waals surface area contributed by atoms with Gasteiger partial charge < -0.3 is 0 Å². The van der Waals surface area contributed by atoms with Gasteiger partial charge in [-0.1, -0.05) is 12.1 Å². The molecule has 0 unspecified atom stereocenters. The van der Waals surface area contributed by atoms with Crippen LogP contribution < -0.4 is 5.32 Å². The molecular formula is C17H14N2OS2. The molecule has 0 bridgehead atoms. The Bertz CT molecular complexity index is 821. The zero-order valence-corrected chi connectivity index (χ0v) is 13.5. The highest BCUT2D eigenvalue weighted by atomic mass is 32.1. The van der Waals surface area contributed by atoms with Crippen molar-refractivity contribution in [2.24, 2.45) is 0 Å². The molecule has 1 aliphatic rings. The summed E-state index contributed by atoms with van der Waals surface area (Å²) in [5.74, 6) is -0.0817. The summed E-state index contributed by atoms with van der Waals surface area (Å²) in [6, 6.07) is 10.0. The second kappa shape index (κ2) is 5.66. The van der Waals surface area contributed by atoms with Crippen molar-refractivity contribution in [2.75, 3.05) is 5.32 Å². The predicted molar refractivity (Wildman–Crippen MR) is 91.8 cm³/mol. The van der Waals surface area contributed by atoms with Crippen molar-refractivity contribution in [1.82, 2.24) is 4.98 Å². The van der Waals surface area contributed by atoms with Crippen molar-refractivity contribution in [3.63, 3.8) is 0 Å². The maximum Gasteiger partial charge on any atom is 0.257 e. The van der Waals surface area contributed by atoms with Crippen LogP contribution in [0.3, 0.4) is 0 Å². The quantitative estimate of drug-likeness (QED) is 0.763. The van der Waals surface area contributed by atoms with Gasteiger partial charge in [-0.2, -0.15) is 0 Å². The van der Waals surface area contributed by atoms with E-state index in [1.165, 1.54) is 28.9 Å². The number of aryl methyl sites for hydroxylation is 2. The van der Waals surface area contributed by atoms with Crippen LogP contribution in [0.4, 0.5) is 5.13 Å². The SMILES string of the molecule is O=C(Nc1nc(-c2cccs2)cs1)c1ccc2c(c1)CCC2. The fourth-order valence-corrected chi connectivity index (χ4v) is 4.22. The normalized spacial score (nSPS) is 13.1. The van der Waals surface area contributed by atoms with Crippen molar-refractivity contribution >= 4 is 33.7 Å². The van der Waals surface area contributed by atoms with Gasteiger partial charge in [-0.15, -0.1) is 22.7 Å². The second-order valence-corrected chi connectivity index (χ2v) is 7.11. The summed E-state index contributed by atoms with van der Waals surface area (Å²) >= 11 is 3.11. The van der Waals surface area contributed by atoms with Crippen molar-refractivity contribution in [1.29, 1.82) is 0 Å². The Morgan fingerprint density at radius 3 is 2.91 bits per heavy atom. The molecule has 0 spiro atoms. The van der Waals surface area contributed by atoms with Crippen LogP contribution in [0, 0.1) is 0 Å². The molecule has 0 fully saturated rings. The van der Waals surface area contributed by atoms with Gasteiger partial charge in [0.1, 0.15) is 0 Å². The Balaban J connectivity index is 1.52. The van der Waals surface area contributed by atoms with Gasteiger partial charge in [-0.3, -0.25) is 10.1 Å². The number of thiazole rings is 1. The maximum atomic E-state index is 12.4. The first-order valence-electron chi connectivity index (χ1n) is 7.22. The Morgan fingerprint density at radius 2 is 2.05 bits per heavy atom. The van der Waals surface area contributed by atoms with E-state index >= 15 is 0 Å². The number of nitrogens with zero attached hydrogens (tertiary/aromatic N) is 1. The minimum absolute atomic E-state index is 0.0817. The van der Waals surface area contributed by atoms with E-state index in [0.29, 0.717) is 10.7 Å². The fourth-order valence-electron chi connectivity index (χ4n) is 2.75. The molecule has 5 heteroatoms. The number of benzene rings is 1. The lowest BCUT2D eigenvalue weighted by Gasteiger charge is -2.04. The summed E-state index contributed by atoms with van der Waals surface area (Å²) in [4.78, 5) is 18.0. The third kappa shape index (κ3) is 2.58. The summed E-state index contributed by atoms with van der Waals surface area (Å²) in [5, 5.41) is 7.55. The van der Waals surface area contributed by atoms with Gasteiger partial charge in [0.15, 0.2) is 5.13 Å². The van der Waals surface area contributed by atoms with E-state index in [1.807, 2.05) is 35.0 Å². The molecule has 2 aromatic heterocycles. The molecule has 0 saturated carbocycles. The molecule has 0 aliphatic heterocycles. The number of rotatable bonds is 3. The van der Waals surface area contributed by atoms with Gasteiger partial charge in [0.2, 0.25) is 0 Å². The highest BCUT2D eigenvalue weighted by Gasteiger charge is 2.15. The van der Waals surface area contributed by atoms with Crippen LogP contribution in [-0.4, -0.2) is 10.9 Å². The van der Waals surface area contributed by atoms with E-state index in [-0.39, 0.29) is 5.91 Å². The van der Waals surface area contributed by atoms with Crippen molar-refractivity contribution < 1.29 is 4.79 Å². The molecule has 0 radical (unpaired) electrons. The number of hydrogen-bond acceptors (Lipinski definition) is 4. The van der Waals surface area contributed by atoms with Gasteiger partial charge in [0.05, 0.1) is 10.6 Å². The number of carbonyl (C=O) groups is 1. The number of anilines is 1. The lowest BCUT2D eigenvalue weighted by Crippen LogP contribution is -2.12. The van der Waals surface area contributed by atoms with Crippen LogP contribution in [0.5, 0.6) is 0 Å². The zero-order chi connectivity index (χ0) is 14.9. The number of amides is 1. The Morgan fingerprint density at radius 1 is 1.14 bits per heavy atom. The third-order valence-corrected chi connectivity index (χ3v) is 5.51. The van der Waals surface area contributed by atoms with Gasteiger partial charge in [-0.05, 0) is 54.0 Å². The standard InChI is InChI=1S/C17H14N2OS2/c20-16(13-7-6-11-3-1-4-12(11)9-13)19-17-18-14(10-22-17)15-5-2-8-21-15/h2,5-10H,1,3-4H2,(H,18,19,20). The molecule has 3 aromatic rings. The van der Waals surface area contributed by atoms with Crippen LogP contribution in [0.25, 0.3) is 10.6 Å². The molecule has 4 rings (SSSR count). The second-order valence-electron chi connectivity index (χ2n) is 5.31. The third-order valence-electron chi connectivity index (χ3n) is 3.86. The maximum absolute atomic E-state index is 12.4. The highest BCUT2D eigenvalue weighted by molar-refractivity contribution is 7.16. The summed E-state index contributed by atoms with van der Waals surface area (Å²) in [7, 11) is 0. The average Bonchev–Trinajstić information content (AvgIpc) is 3.27. The predicted octanol–water partition coefficient (Wildman–Crippen LogP) is 4.61. The Hall–Kier alpha value is -1.98. The van der Waals surface area contributed by atoms with Crippen LogP contribution in [0.2, 0.25) is 0 Å². The molecule has 2 heterocycles. The molecular weight excluding hydrogens is 312 g/mol. The minimum atomic E-state index is -0.0817. The first-order valence-corrected chi connectivity index (χ1v) is 8.98. The monoisotopic (exact) mass is 326 g/mol. The molecule has 3 nitrogen and oxygen atoms in total. The zero-order valence-electron chi connectivity index (χ0n) is 11.8. The minimum Gasteiger partial charge on any atom is -0.298 e. The van der Waals surface area contributed by atoms with Crippen molar-refractivity contribution in [3.05, 3.63) is 57.8 Å². The molecule has 110 valence electrons. The highest BCUT2D eigenvalue weighted by Crippen LogP contribution is 2.29. The van der Waals surface area contributed by atoms with Gasteiger partial charge >= 0.3 is 0 Å². The summed E-state index contributed by atoms with van der Waals surface area (Å²) < 4.78 is 0. The lowest BCUT2D eigenvalue weighted by atomic mass is 10.1. The van der Waals surface area contributed by atoms with E-state index in [0.717, 1.165) is 23.4 Å². The molecule has 1 amide bonds. The van der Waals surface area contributed by atoms with Gasteiger partial charge in [-0.25, -0.2) is 4.98 Å². The van der Waals surface area contributed by atoms with Gasteiger partial charge in [0.25, 0.3) is 5.91 Å².